The Morgan fingerprint density at radius 1 is 0.381 bits per heavy atom. The number of phenolic OH excluding ortho intramolecular Hbond substituents is 1. The average molecular weight is 1670 g/mol. The van der Waals surface area contributed by atoms with Crippen molar-refractivity contribution >= 4 is 83.4 Å². The fraction of sp³-hybridized carbons (Fsp3) is 0.561. The maximum atomic E-state index is 13.8. The van der Waals surface area contributed by atoms with Gasteiger partial charge < -0.3 is 48.1 Å². The number of aliphatic carboxylic acids is 1. The van der Waals surface area contributed by atoms with Crippen molar-refractivity contribution in [3.05, 3.63) is 147 Å². The first-order chi connectivity index (χ1) is 50.0. The number of carboxylic acids is 1. The molecule has 16 nitrogen and oxygen atoms in total. The Labute approximate surface area is 644 Å². The monoisotopic (exact) mass is 1660 g/mol. The van der Waals surface area contributed by atoms with E-state index in [1.165, 1.54) is 196 Å². The van der Waals surface area contributed by atoms with Crippen LogP contribution in [0.15, 0.2) is 130 Å². The smallest absolute Gasteiger partial charge is 0.417 e. The van der Waals surface area contributed by atoms with Crippen LogP contribution in [0.25, 0.3) is 0 Å². The van der Waals surface area contributed by atoms with Crippen molar-refractivity contribution in [1.82, 2.24) is 0 Å². The van der Waals surface area contributed by atoms with Crippen LogP contribution in [-0.4, -0.2) is 104 Å². The van der Waals surface area contributed by atoms with E-state index in [9.17, 15) is 46.3 Å². The molecule has 5 saturated carbocycles. The van der Waals surface area contributed by atoms with Crippen molar-refractivity contribution in [3.63, 3.8) is 0 Å². The largest absolute Gasteiger partial charge is 0.508 e. The summed E-state index contributed by atoms with van der Waals surface area (Å²) in [6.07, 6.45) is 32.7. The summed E-state index contributed by atoms with van der Waals surface area (Å²) in [5.74, 6) is -7.85. The summed E-state index contributed by atoms with van der Waals surface area (Å²) < 4.78 is 96.8. The Hall–Kier alpha value is -6.72. The van der Waals surface area contributed by atoms with E-state index in [4.69, 9.17) is 33.9 Å². The van der Waals surface area contributed by atoms with Gasteiger partial charge in [0.15, 0.2) is 0 Å². The van der Waals surface area contributed by atoms with Crippen LogP contribution in [0.3, 0.4) is 0 Å². The number of esters is 4. The van der Waals surface area contributed by atoms with Gasteiger partial charge in [0, 0.05) is 31.0 Å². The Balaban J connectivity index is 0.000000327. The van der Waals surface area contributed by atoms with E-state index in [1.807, 2.05) is 24.3 Å². The molecule has 5 aromatic rings. The number of benzene rings is 5. The molecule has 0 amide bonds. The van der Waals surface area contributed by atoms with E-state index in [0.717, 1.165) is 70.5 Å². The summed E-state index contributed by atoms with van der Waals surface area (Å²) in [6, 6.07) is 32.0. The second-order valence-electron chi connectivity index (χ2n) is 26.1. The predicted molar refractivity (Wildman–Crippen MR) is 411 cm³/mol. The van der Waals surface area contributed by atoms with Gasteiger partial charge in [-0.05, 0) is 243 Å². The zero-order valence-corrected chi connectivity index (χ0v) is 65.5. The molecule has 0 spiro atoms. The summed E-state index contributed by atoms with van der Waals surface area (Å²) in [6.45, 7) is 9.76. The molecule has 23 heteroatoms. The van der Waals surface area contributed by atoms with E-state index >= 15 is 0 Å². The number of carbonyl (C=O) groups is 6. The fourth-order valence-corrected chi connectivity index (χ4v) is 13.1. The van der Waals surface area contributed by atoms with Crippen LogP contribution in [0.4, 0.5) is 17.6 Å². The fourth-order valence-electron chi connectivity index (χ4n) is 12.0. The predicted octanol–water partition coefficient (Wildman–Crippen LogP) is 21.8. The second-order valence-corrected chi connectivity index (χ2v) is 28.6. The summed E-state index contributed by atoms with van der Waals surface area (Å²) in [5, 5.41) is 18.4. The van der Waals surface area contributed by atoms with Gasteiger partial charge >= 0.3 is 41.7 Å². The van der Waals surface area contributed by atoms with Crippen molar-refractivity contribution in [2.45, 2.75) is 207 Å². The molecule has 10 rings (SSSR count). The second kappa shape index (κ2) is 53.1. The first kappa shape index (κ1) is 92.5. The van der Waals surface area contributed by atoms with Gasteiger partial charge in [-0.25, -0.2) is 24.0 Å². The Morgan fingerprint density at radius 2 is 0.648 bits per heavy atom. The zero-order valence-electron chi connectivity index (χ0n) is 60.7. The van der Waals surface area contributed by atoms with Gasteiger partial charge in [0.2, 0.25) is 0 Å². The van der Waals surface area contributed by atoms with Crippen LogP contribution in [0.1, 0.15) is 217 Å². The van der Waals surface area contributed by atoms with Crippen LogP contribution in [0.5, 0.6) is 28.7 Å². The van der Waals surface area contributed by atoms with Crippen LogP contribution in [0, 0.1) is 29.6 Å². The zero-order chi connectivity index (χ0) is 76.0. The van der Waals surface area contributed by atoms with Gasteiger partial charge in [-0.3, -0.25) is 4.79 Å². The quantitative estimate of drug-likeness (QED) is 0.0155. The Bertz CT molecular complexity index is 3150. The standard InChI is InChI=1S/C17H22F2O3.C17H22O4.C15H18F2O3.C13H17BrO.C7H13Br.C6H5BrO.C6H10O4.CH4/c1-2-21-16(20)17(18,19)14-8-10-15(11-9-14)22-12-13-6-4-3-5-7-13;1-2-20-17(19)16(18)14-8-10-15(11-9-14)21-12-13-6-4-3-5-7-13;16-15(17,14(18)19)12-6-8-13(9-7-12)20-10-11-4-2-1-3-5-11;14-12-6-8-13(9-7-12)15-10-11-4-2-1-3-5-11;8-6-7-4-2-1-3-5-7;7-5-1-3-6(8)4-2-5;1-3-9-5(7)6(8)10-4-2;/h8-11,13H,2-7,12H2,1H3;8-11,13H,2-7,12H2,1H3;6-9,11H,1-5,10H2,(H,18,19);6-9,11H,1-5,10H2;7H,1-6H2;1-4,8H;3-4H2,1-2H3;1H4. The number of Topliss-reactive ketones (excluding diaryl/α,β-unsaturated/α-hetero) is 1. The number of carboxylic acid groups (broad SMARTS) is 1. The van der Waals surface area contributed by atoms with Crippen molar-refractivity contribution in [1.29, 1.82) is 0 Å². The maximum absolute atomic E-state index is 13.8. The number of halogens is 7. The van der Waals surface area contributed by atoms with Gasteiger partial charge in [-0.2, -0.15) is 17.6 Å². The number of carbonyl (C=O) groups excluding carboxylic acids is 5. The lowest BCUT2D eigenvalue weighted by Crippen LogP contribution is -2.28. The van der Waals surface area contributed by atoms with Gasteiger partial charge in [-0.15, -0.1) is 0 Å². The Kier molecular flexibility index (Phi) is 46.8. The SMILES string of the molecule is BrCC1CCCCC1.Brc1ccc(OCC2CCCCC2)cc1.C.CCOC(=O)C(=O)OCC.CCOC(=O)C(=O)c1ccc(OCC2CCCCC2)cc1.CCOC(=O)C(F)(F)c1ccc(OCC2CCCCC2)cc1.O=C(O)C(F)(F)c1ccc(OCC2CCCCC2)cc1.Oc1ccc(Br)cc1. The third-order valence-corrected chi connectivity index (χ3v) is 19.9. The lowest BCUT2D eigenvalue weighted by atomic mass is 9.90. The first-order valence-electron chi connectivity index (χ1n) is 36.8. The molecule has 2 N–H and O–H groups in total. The molecule has 5 fully saturated rings. The summed E-state index contributed by atoms with van der Waals surface area (Å²) >= 11 is 10.2. The molecule has 0 unspecified atom stereocenters. The molecular formula is C82H111Br3F4O16. The van der Waals surface area contributed by atoms with Crippen molar-refractivity contribution in [2.24, 2.45) is 29.6 Å². The number of rotatable bonds is 23. The van der Waals surface area contributed by atoms with Crippen molar-refractivity contribution in [2.75, 3.05) is 58.2 Å². The molecule has 0 bridgehead atoms. The summed E-state index contributed by atoms with van der Waals surface area (Å²) in [5.41, 5.74) is -0.579. The third kappa shape index (κ3) is 37.6. The molecule has 0 heterocycles. The molecule has 5 aliphatic carbocycles. The van der Waals surface area contributed by atoms with E-state index in [-0.39, 0.29) is 39.4 Å². The van der Waals surface area contributed by atoms with E-state index in [1.54, 1.807) is 69.3 Å². The highest BCUT2D eigenvalue weighted by molar-refractivity contribution is 9.10. The van der Waals surface area contributed by atoms with E-state index < -0.39 is 53.0 Å². The maximum Gasteiger partial charge on any atom is 0.417 e. The minimum atomic E-state index is -3.86. The number of ketones is 1. The van der Waals surface area contributed by atoms with Crippen LogP contribution in [0.2, 0.25) is 0 Å². The number of ether oxygens (including phenoxy) is 8. The Morgan fingerprint density at radius 3 is 0.924 bits per heavy atom. The molecular weight excluding hydrogens is 1560 g/mol. The van der Waals surface area contributed by atoms with Crippen LogP contribution in [-0.2, 0) is 54.8 Å². The van der Waals surface area contributed by atoms with E-state index in [0.29, 0.717) is 53.8 Å². The molecule has 0 radical (unpaired) electrons. The average Bonchev–Trinajstić information content (AvgIpc) is 0.829. The minimum absolute atomic E-state index is 0. The van der Waals surface area contributed by atoms with Gasteiger partial charge in [0.25, 0.3) is 5.78 Å². The minimum Gasteiger partial charge on any atom is -0.508 e. The number of hydrogen-bond acceptors (Lipinski definition) is 15. The molecule has 5 aliphatic rings. The van der Waals surface area contributed by atoms with Gasteiger partial charge in [0.1, 0.15) is 28.7 Å². The van der Waals surface area contributed by atoms with Gasteiger partial charge in [0.05, 0.1) is 52.9 Å². The lowest BCUT2D eigenvalue weighted by Gasteiger charge is -2.21. The van der Waals surface area contributed by atoms with Gasteiger partial charge in [-0.1, -0.05) is 152 Å². The number of hydrogen-bond donors (Lipinski definition) is 2. The van der Waals surface area contributed by atoms with Crippen LogP contribution < -0.4 is 18.9 Å². The molecule has 0 aromatic heterocycles. The number of aromatic hydroxyl groups is 1. The first-order valence-corrected chi connectivity index (χ1v) is 39.5. The highest BCUT2D eigenvalue weighted by Gasteiger charge is 2.43. The van der Waals surface area contributed by atoms with Crippen molar-refractivity contribution in [3.8, 4) is 28.7 Å². The number of alkyl halides is 5. The molecule has 5 aromatic carbocycles. The molecule has 0 aliphatic heterocycles. The highest BCUT2D eigenvalue weighted by atomic mass is 79.9. The lowest BCUT2D eigenvalue weighted by molar-refractivity contribution is -0.173. The van der Waals surface area contributed by atoms with Crippen LogP contribution >= 0.6 is 47.8 Å². The third-order valence-electron chi connectivity index (χ3n) is 18.0. The van der Waals surface area contributed by atoms with E-state index in [2.05, 4.69) is 62.0 Å². The number of phenols is 1. The molecule has 0 atom stereocenters. The highest BCUT2D eigenvalue weighted by Crippen LogP contribution is 2.34. The molecule has 584 valence electrons. The topological polar surface area (TPSA) is 217 Å². The molecule has 105 heavy (non-hydrogen) atoms. The summed E-state index contributed by atoms with van der Waals surface area (Å²) in [4.78, 5) is 65.7. The van der Waals surface area contributed by atoms with Crippen molar-refractivity contribution < 1.29 is 94.4 Å². The normalized spacial score (nSPS) is 15.6. The summed E-state index contributed by atoms with van der Waals surface area (Å²) in [7, 11) is 0. The molecule has 0 saturated heterocycles.